The van der Waals surface area contributed by atoms with Crippen LogP contribution in [-0.2, 0) is 21.9 Å². The zero-order valence-electron chi connectivity index (χ0n) is 18.3. The molecule has 2 fully saturated rings. The molecule has 1 amide bonds. The van der Waals surface area contributed by atoms with Gasteiger partial charge in [-0.2, -0.15) is 0 Å². The Morgan fingerprint density at radius 2 is 2.19 bits per heavy atom. The van der Waals surface area contributed by atoms with Gasteiger partial charge in [-0.1, -0.05) is 19.8 Å². The summed E-state index contributed by atoms with van der Waals surface area (Å²) in [6.07, 6.45) is 4.69. The van der Waals surface area contributed by atoms with Crippen molar-refractivity contribution in [3.63, 3.8) is 0 Å². The molecule has 2 aromatic heterocycles. The largest absolute Gasteiger partial charge is 0.394 e. The van der Waals surface area contributed by atoms with Crippen LogP contribution in [0, 0.1) is 5.92 Å². The van der Waals surface area contributed by atoms with Gasteiger partial charge in [0.1, 0.15) is 24.0 Å². The van der Waals surface area contributed by atoms with E-state index in [2.05, 4.69) is 27.2 Å². The minimum absolute atomic E-state index is 0.0897. The molecule has 2 aliphatic rings. The van der Waals surface area contributed by atoms with E-state index >= 15 is 0 Å². The lowest BCUT2D eigenvalue weighted by Crippen LogP contribution is -2.46. The lowest BCUT2D eigenvalue weighted by molar-refractivity contribution is -0.147. The predicted molar refractivity (Wildman–Crippen MR) is 115 cm³/mol. The first kappa shape index (κ1) is 22.8. The zero-order valence-corrected chi connectivity index (χ0v) is 18.3. The van der Waals surface area contributed by atoms with Gasteiger partial charge in [0.05, 0.1) is 12.9 Å². The Hall–Kier alpha value is -2.34. The SMILES string of the molecule is CC[C@H]1CCCC(O)(c2nc(N)c3ncn(COC(C(=O)NC4CC4)C(O)CO)c3n2)C1. The van der Waals surface area contributed by atoms with Gasteiger partial charge >= 0.3 is 0 Å². The molecule has 4 atom stereocenters. The standard InChI is InChI=1S/C21H32N6O5/c1-2-12-4-3-7-21(31,8-12)20-25-17(22)15-18(26-20)27(10-23-15)11-32-16(14(29)9-28)19(30)24-13-5-6-13/h10,12-14,16,28-29,31H,2-9,11H2,1H3,(H,24,30)(H2,22,25,26)/t12-,14?,16?,21?/m0/s1. The number of nitrogens with one attached hydrogen (secondary N) is 1. The minimum Gasteiger partial charge on any atom is -0.394 e. The van der Waals surface area contributed by atoms with Crippen LogP contribution in [-0.4, -0.2) is 65.6 Å². The van der Waals surface area contributed by atoms with E-state index in [0.29, 0.717) is 29.9 Å². The van der Waals surface area contributed by atoms with E-state index in [1.54, 1.807) is 4.57 Å². The van der Waals surface area contributed by atoms with E-state index in [1.165, 1.54) is 6.33 Å². The average Bonchev–Trinajstić information content (AvgIpc) is 3.50. The summed E-state index contributed by atoms with van der Waals surface area (Å²) in [5, 5.41) is 33.5. The average molecular weight is 449 g/mol. The van der Waals surface area contributed by atoms with Crippen LogP contribution >= 0.6 is 0 Å². The van der Waals surface area contributed by atoms with Crippen molar-refractivity contribution in [2.75, 3.05) is 12.3 Å². The number of anilines is 1. The molecule has 11 nitrogen and oxygen atoms in total. The number of aliphatic hydroxyl groups is 3. The van der Waals surface area contributed by atoms with E-state index in [4.69, 9.17) is 10.5 Å². The Kier molecular flexibility index (Phi) is 6.61. The van der Waals surface area contributed by atoms with E-state index in [-0.39, 0.29) is 24.4 Å². The number of nitrogen functional groups attached to an aromatic ring is 1. The van der Waals surface area contributed by atoms with Crippen LogP contribution in [0.1, 0.15) is 57.7 Å². The van der Waals surface area contributed by atoms with Crippen molar-refractivity contribution in [2.24, 2.45) is 5.92 Å². The van der Waals surface area contributed by atoms with Crippen LogP contribution in [0.25, 0.3) is 11.2 Å². The monoisotopic (exact) mass is 448 g/mol. The molecule has 2 aromatic rings. The van der Waals surface area contributed by atoms with Crippen molar-refractivity contribution >= 4 is 22.9 Å². The number of imidazole rings is 1. The van der Waals surface area contributed by atoms with Crippen LogP contribution < -0.4 is 11.1 Å². The molecule has 0 spiro atoms. The van der Waals surface area contributed by atoms with Crippen molar-refractivity contribution in [3.8, 4) is 0 Å². The van der Waals surface area contributed by atoms with Crippen molar-refractivity contribution in [1.82, 2.24) is 24.8 Å². The van der Waals surface area contributed by atoms with Gasteiger partial charge in [0.15, 0.2) is 23.4 Å². The topological polar surface area (TPSA) is 169 Å². The molecule has 0 radical (unpaired) electrons. The Balaban J connectivity index is 1.57. The Labute approximate surface area is 186 Å². The summed E-state index contributed by atoms with van der Waals surface area (Å²) < 4.78 is 7.20. The van der Waals surface area contributed by atoms with Crippen molar-refractivity contribution in [1.29, 1.82) is 0 Å². The van der Waals surface area contributed by atoms with Gasteiger partial charge in [-0.25, -0.2) is 15.0 Å². The summed E-state index contributed by atoms with van der Waals surface area (Å²) in [7, 11) is 0. The molecule has 2 saturated carbocycles. The summed E-state index contributed by atoms with van der Waals surface area (Å²) in [5.41, 5.74) is 5.71. The first-order valence-electron chi connectivity index (χ1n) is 11.3. The van der Waals surface area contributed by atoms with Gasteiger partial charge in [-0.15, -0.1) is 0 Å². The van der Waals surface area contributed by atoms with Crippen molar-refractivity contribution in [3.05, 3.63) is 12.2 Å². The maximum Gasteiger partial charge on any atom is 0.252 e. The third-order valence-electron chi connectivity index (χ3n) is 6.43. The highest BCUT2D eigenvalue weighted by molar-refractivity contribution is 5.82. The fraction of sp³-hybridized carbons (Fsp3) is 0.714. The number of ether oxygens (including phenoxy) is 1. The Morgan fingerprint density at radius 3 is 2.88 bits per heavy atom. The summed E-state index contributed by atoms with van der Waals surface area (Å²) in [6, 6.07) is 0.0897. The number of nitrogens with two attached hydrogens (primary N) is 1. The summed E-state index contributed by atoms with van der Waals surface area (Å²) in [5.74, 6) is 0.346. The van der Waals surface area contributed by atoms with Crippen LogP contribution in [0.2, 0.25) is 0 Å². The molecule has 11 heteroatoms. The first-order chi connectivity index (χ1) is 15.3. The maximum absolute atomic E-state index is 12.4. The van der Waals surface area contributed by atoms with Crippen molar-refractivity contribution < 1.29 is 24.9 Å². The van der Waals surface area contributed by atoms with E-state index in [1.807, 2.05) is 0 Å². The van der Waals surface area contributed by atoms with Crippen LogP contribution in [0.15, 0.2) is 6.33 Å². The molecule has 0 aromatic carbocycles. The molecule has 4 rings (SSSR count). The van der Waals surface area contributed by atoms with Gasteiger partial charge in [-0.05, 0) is 38.0 Å². The predicted octanol–water partition coefficient (Wildman–Crippen LogP) is 0.171. The molecule has 2 aliphatic carbocycles. The molecule has 176 valence electrons. The maximum atomic E-state index is 12.4. The summed E-state index contributed by atoms with van der Waals surface area (Å²) in [6.45, 7) is 1.35. The number of carbonyl (C=O) groups excluding carboxylic acids is 1. The molecule has 6 N–H and O–H groups in total. The fourth-order valence-corrected chi connectivity index (χ4v) is 4.31. The second-order valence-electron chi connectivity index (χ2n) is 8.97. The number of hydrogen-bond acceptors (Lipinski definition) is 9. The number of fused-ring (bicyclic) bond motifs is 1. The molecular formula is C21H32N6O5. The highest BCUT2D eigenvalue weighted by atomic mass is 16.5. The van der Waals surface area contributed by atoms with Gasteiger partial charge in [-0.3, -0.25) is 9.36 Å². The van der Waals surface area contributed by atoms with Gasteiger partial charge in [0.25, 0.3) is 5.91 Å². The molecule has 0 bridgehead atoms. The van der Waals surface area contributed by atoms with Gasteiger partial charge < -0.3 is 31.1 Å². The second kappa shape index (κ2) is 9.26. The molecule has 0 aliphatic heterocycles. The van der Waals surface area contributed by atoms with Crippen LogP contribution in [0.3, 0.4) is 0 Å². The number of hydrogen-bond donors (Lipinski definition) is 5. The smallest absolute Gasteiger partial charge is 0.252 e. The minimum atomic E-state index is -1.37. The van der Waals surface area contributed by atoms with E-state index in [9.17, 15) is 20.1 Å². The Morgan fingerprint density at radius 1 is 1.41 bits per heavy atom. The third kappa shape index (κ3) is 4.70. The van der Waals surface area contributed by atoms with Crippen LogP contribution in [0.4, 0.5) is 5.82 Å². The zero-order chi connectivity index (χ0) is 22.9. The highest BCUT2D eigenvalue weighted by Gasteiger charge is 2.39. The Bertz CT molecular complexity index is 964. The fourth-order valence-electron chi connectivity index (χ4n) is 4.31. The molecular weight excluding hydrogens is 416 g/mol. The number of aromatic nitrogens is 4. The second-order valence-corrected chi connectivity index (χ2v) is 8.97. The number of carbonyl (C=O) groups is 1. The van der Waals surface area contributed by atoms with Crippen LogP contribution in [0.5, 0.6) is 0 Å². The molecule has 2 heterocycles. The van der Waals surface area contributed by atoms with E-state index < -0.39 is 30.3 Å². The van der Waals surface area contributed by atoms with Gasteiger partial charge in [0.2, 0.25) is 0 Å². The summed E-state index contributed by atoms with van der Waals surface area (Å²) in [4.78, 5) is 25.6. The number of amides is 1. The molecule has 0 saturated heterocycles. The first-order valence-corrected chi connectivity index (χ1v) is 11.3. The quantitative estimate of drug-likeness (QED) is 0.359. The summed E-state index contributed by atoms with van der Waals surface area (Å²) >= 11 is 0. The third-order valence-corrected chi connectivity index (χ3v) is 6.43. The van der Waals surface area contributed by atoms with Crippen molar-refractivity contribution in [2.45, 2.75) is 82.5 Å². The van der Waals surface area contributed by atoms with Gasteiger partial charge in [0, 0.05) is 6.04 Å². The lowest BCUT2D eigenvalue weighted by Gasteiger charge is -2.35. The lowest BCUT2D eigenvalue weighted by atomic mass is 9.76. The highest BCUT2D eigenvalue weighted by Crippen LogP contribution is 2.40. The number of aliphatic hydroxyl groups excluding tert-OH is 2. The number of rotatable bonds is 9. The number of nitrogens with zero attached hydrogens (tertiary/aromatic N) is 4. The molecule has 32 heavy (non-hydrogen) atoms. The molecule has 3 unspecified atom stereocenters. The van der Waals surface area contributed by atoms with E-state index in [0.717, 1.165) is 32.1 Å². The normalized spacial score (nSPS) is 25.6.